The van der Waals surface area contributed by atoms with Crippen molar-refractivity contribution in [3.05, 3.63) is 59.8 Å². The van der Waals surface area contributed by atoms with Gasteiger partial charge in [0.05, 0.1) is 24.3 Å². The SMILES string of the molecule is CCCCCOC(=O)c1ccc(Nc2cc(C)nc3ccc(OCC)cc23)cc1. The van der Waals surface area contributed by atoms with Crippen LogP contribution in [0.1, 0.15) is 49.2 Å². The van der Waals surface area contributed by atoms with Crippen LogP contribution in [-0.2, 0) is 4.74 Å². The zero-order valence-electron chi connectivity index (χ0n) is 17.3. The molecule has 5 nitrogen and oxygen atoms in total. The summed E-state index contributed by atoms with van der Waals surface area (Å²) in [6, 6.07) is 15.2. The second kappa shape index (κ2) is 9.92. The maximum Gasteiger partial charge on any atom is 0.338 e. The lowest BCUT2D eigenvalue weighted by Crippen LogP contribution is -2.06. The molecule has 0 bridgehead atoms. The van der Waals surface area contributed by atoms with Gasteiger partial charge in [-0.15, -0.1) is 0 Å². The van der Waals surface area contributed by atoms with E-state index in [1.807, 2.05) is 50.2 Å². The Balaban J connectivity index is 1.76. The molecule has 3 rings (SSSR count). The van der Waals surface area contributed by atoms with Crippen molar-refractivity contribution in [3.63, 3.8) is 0 Å². The predicted octanol–water partition coefficient (Wildman–Crippen LogP) is 6.03. The van der Waals surface area contributed by atoms with Gasteiger partial charge in [0.1, 0.15) is 5.75 Å². The summed E-state index contributed by atoms with van der Waals surface area (Å²) < 4.78 is 10.9. The maximum atomic E-state index is 12.1. The van der Waals surface area contributed by atoms with E-state index in [9.17, 15) is 4.79 Å². The van der Waals surface area contributed by atoms with E-state index in [-0.39, 0.29) is 5.97 Å². The van der Waals surface area contributed by atoms with Crippen LogP contribution in [0.25, 0.3) is 10.9 Å². The normalized spacial score (nSPS) is 10.7. The number of unbranched alkanes of at least 4 members (excludes halogenated alkanes) is 2. The molecule has 152 valence electrons. The Kier molecular flexibility index (Phi) is 7.06. The number of fused-ring (bicyclic) bond motifs is 1. The molecule has 0 aliphatic carbocycles. The van der Waals surface area contributed by atoms with Gasteiger partial charge in [-0.1, -0.05) is 19.8 Å². The molecule has 0 aliphatic rings. The summed E-state index contributed by atoms with van der Waals surface area (Å²) in [5.74, 6) is 0.536. The minimum atomic E-state index is -0.279. The number of benzene rings is 2. The second-order valence-electron chi connectivity index (χ2n) is 6.97. The lowest BCUT2D eigenvalue weighted by atomic mass is 10.1. The molecule has 29 heavy (non-hydrogen) atoms. The number of pyridine rings is 1. The molecule has 1 heterocycles. The van der Waals surface area contributed by atoms with Gasteiger partial charge in [-0.2, -0.15) is 0 Å². The number of carbonyl (C=O) groups is 1. The van der Waals surface area contributed by atoms with Crippen LogP contribution in [0.5, 0.6) is 5.75 Å². The molecule has 0 unspecified atom stereocenters. The number of carbonyl (C=O) groups excluding carboxylic acids is 1. The number of rotatable bonds is 9. The minimum absolute atomic E-state index is 0.279. The molecular weight excluding hydrogens is 364 g/mol. The first-order valence-electron chi connectivity index (χ1n) is 10.2. The van der Waals surface area contributed by atoms with Crippen molar-refractivity contribution in [2.24, 2.45) is 0 Å². The number of nitrogens with one attached hydrogen (secondary N) is 1. The van der Waals surface area contributed by atoms with Crippen LogP contribution in [0.2, 0.25) is 0 Å². The van der Waals surface area contributed by atoms with Crippen molar-refractivity contribution in [2.45, 2.75) is 40.0 Å². The predicted molar refractivity (Wildman–Crippen MR) is 117 cm³/mol. The van der Waals surface area contributed by atoms with Gasteiger partial charge in [0.2, 0.25) is 0 Å². The van der Waals surface area contributed by atoms with Crippen molar-refractivity contribution in [1.82, 2.24) is 4.98 Å². The van der Waals surface area contributed by atoms with Crippen LogP contribution < -0.4 is 10.1 Å². The van der Waals surface area contributed by atoms with Crippen molar-refractivity contribution >= 4 is 28.2 Å². The minimum Gasteiger partial charge on any atom is -0.494 e. The smallest absolute Gasteiger partial charge is 0.338 e. The number of aryl methyl sites for hydroxylation is 1. The first-order chi connectivity index (χ1) is 14.1. The van der Waals surface area contributed by atoms with Gasteiger partial charge in [-0.3, -0.25) is 4.98 Å². The Morgan fingerprint density at radius 1 is 1.03 bits per heavy atom. The van der Waals surface area contributed by atoms with Gasteiger partial charge in [0.25, 0.3) is 0 Å². The van der Waals surface area contributed by atoms with Crippen molar-refractivity contribution in [1.29, 1.82) is 0 Å². The molecule has 5 heteroatoms. The van der Waals surface area contributed by atoms with Crippen LogP contribution in [0.4, 0.5) is 11.4 Å². The summed E-state index contributed by atoms with van der Waals surface area (Å²) in [5.41, 5.74) is 4.23. The van der Waals surface area contributed by atoms with E-state index in [1.54, 1.807) is 12.1 Å². The molecule has 0 aliphatic heterocycles. The average Bonchev–Trinajstić information content (AvgIpc) is 2.72. The zero-order chi connectivity index (χ0) is 20.6. The third-order valence-electron chi connectivity index (χ3n) is 4.60. The Labute approximate surface area is 172 Å². The first kappa shape index (κ1) is 20.6. The Bertz CT molecular complexity index is 968. The Morgan fingerprint density at radius 2 is 1.83 bits per heavy atom. The van der Waals surface area contributed by atoms with Crippen LogP contribution in [0.15, 0.2) is 48.5 Å². The van der Waals surface area contributed by atoms with Crippen LogP contribution >= 0.6 is 0 Å². The van der Waals surface area contributed by atoms with E-state index >= 15 is 0 Å². The van der Waals surface area contributed by atoms with Gasteiger partial charge in [-0.25, -0.2) is 4.79 Å². The summed E-state index contributed by atoms with van der Waals surface area (Å²) in [4.78, 5) is 16.7. The van der Waals surface area contributed by atoms with E-state index < -0.39 is 0 Å². The summed E-state index contributed by atoms with van der Waals surface area (Å²) in [7, 11) is 0. The largest absolute Gasteiger partial charge is 0.494 e. The topological polar surface area (TPSA) is 60.5 Å². The molecule has 0 radical (unpaired) electrons. The third kappa shape index (κ3) is 5.47. The standard InChI is InChI=1S/C24H28N2O3/c1-4-6-7-14-29-24(27)18-8-10-19(11-9-18)26-23-15-17(3)25-22-13-12-20(28-5-2)16-21(22)23/h8-13,15-16H,4-7,14H2,1-3H3,(H,25,26). The van der Waals surface area contributed by atoms with Gasteiger partial charge < -0.3 is 14.8 Å². The highest BCUT2D eigenvalue weighted by Crippen LogP contribution is 2.29. The number of nitrogens with zero attached hydrogens (tertiary/aromatic N) is 1. The fourth-order valence-corrected chi connectivity index (χ4v) is 3.14. The lowest BCUT2D eigenvalue weighted by molar-refractivity contribution is 0.0498. The van der Waals surface area contributed by atoms with Crippen molar-refractivity contribution < 1.29 is 14.3 Å². The quantitative estimate of drug-likeness (QED) is 0.356. The van der Waals surface area contributed by atoms with Crippen molar-refractivity contribution in [3.8, 4) is 5.75 Å². The number of ether oxygens (including phenoxy) is 2. The fraction of sp³-hybridized carbons (Fsp3) is 0.333. The number of hydrogen-bond acceptors (Lipinski definition) is 5. The van der Waals surface area contributed by atoms with E-state index in [0.29, 0.717) is 18.8 Å². The molecule has 2 aromatic carbocycles. The highest BCUT2D eigenvalue weighted by molar-refractivity contribution is 5.94. The molecule has 0 atom stereocenters. The van der Waals surface area contributed by atoms with E-state index in [1.165, 1.54) is 0 Å². The van der Waals surface area contributed by atoms with E-state index in [4.69, 9.17) is 9.47 Å². The van der Waals surface area contributed by atoms with E-state index in [0.717, 1.165) is 53.0 Å². The molecule has 0 saturated heterocycles. The summed E-state index contributed by atoms with van der Waals surface area (Å²) >= 11 is 0. The van der Waals surface area contributed by atoms with Gasteiger partial charge >= 0.3 is 5.97 Å². The Morgan fingerprint density at radius 3 is 2.55 bits per heavy atom. The third-order valence-corrected chi connectivity index (χ3v) is 4.60. The van der Waals surface area contributed by atoms with E-state index in [2.05, 4.69) is 17.2 Å². The first-order valence-corrected chi connectivity index (χ1v) is 10.2. The maximum absolute atomic E-state index is 12.1. The summed E-state index contributed by atoms with van der Waals surface area (Å²) in [5, 5.41) is 4.42. The van der Waals surface area contributed by atoms with Crippen LogP contribution in [0, 0.1) is 6.92 Å². The number of esters is 1. The molecule has 1 N–H and O–H groups in total. The molecule has 0 spiro atoms. The highest BCUT2D eigenvalue weighted by Gasteiger charge is 2.09. The lowest BCUT2D eigenvalue weighted by Gasteiger charge is -2.13. The van der Waals surface area contributed by atoms with Gasteiger partial charge in [0, 0.05) is 22.5 Å². The summed E-state index contributed by atoms with van der Waals surface area (Å²) in [6.45, 7) is 7.14. The molecule has 0 saturated carbocycles. The summed E-state index contributed by atoms with van der Waals surface area (Å²) in [6.07, 6.45) is 3.08. The number of hydrogen-bond donors (Lipinski definition) is 1. The highest BCUT2D eigenvalue weighted by atomic mass is 16.5. The molecule has 0 amide bonds. The molecule has 1 aromatic heterocycles. The zero-order valence-corrected chi connectivity index (χ0v) is 17.3. The second-order valence-corrected chi connectivity index (χ2v) is 6.97. The van der Waals surface area contributed by atoms with Crippen LogP contribution in [-0.4, -0.2) is 24.2 Å². The average molecular weight is 392 g/mol. The number of aromatic nitrogens is 1. The van der Waals surface area contributed by atoms with Gasteiger partial charge in [-0.05, 0) is 68.8 Å². The molecule has 3 aromatic rings. The fourth-order valence-electron chi connectivity index (χ4n) is 3.14. The molecule has 0 fully saturated rings. The number of anilines is 2. The molecular formula is C24H28N2O3. The van der Waals surface area contributed by atoms with Crippen molar-refractivity contribution in [2.75, 3.05) is 18.5 Å². The van der Waals surface area contributed by atoms with Gasteiger partial charge in [0.15, 0.2) is 0 Å². The Hall–Kier alpha value is -3.08. The monoisotopic (exact) mass is 392 g/mol. The van der Waals surface area contributed by atoms with Crippen LogP contribution in [0.3, 0.4) is 0 Å².